The number of ether oxygens (including phenoxy) is 1. The van der Waals surface area contributed by atoms with E-state index in [1.165, 1.54) is 0 Å². The van der Waals surface area contributed by atoms with E-state index in [0.29, 0.717) is 0 Å². The Labute approximate surface area is 105 Å². The van der Waals surface area contributed by atoms with Crippen molar-refractivity contribution in [1.82, 2.24) is 9.97 Å². The van der Waals surface area contributed by atoms with Crippen molar-refractivity contribution >= 4 is 0 Å². The SMILES string of the molecule is COc1cccc(-c2cnc(C3(C#N)CC3)[nH]2)c1. The predicted molar refractivity (Wildman–Crippen MR) is 67.1 cm³/mol. The van der Waals surface area contributed by atoms with Gasteiger partial charge in [0.2, 0.25) is 0 Å². The number of hydrogen-bond donors (Lipinski definition) is 1. The van der Waals surface area contributed by atoms with Crippen molar-refractivity contribution in [3.8, 4) is 23.1 Å². The van der Waals surface area contributed by atoms with Gasteiger partial charge in [0.15, 0.2) is 0 Å². The molecule has 1 aliphatic carbocycles. The molecule has 1 heterocycles. The van der Waals surface area contributed by atoms with Crippen LogP contribution < -0.4 is 4.74 Å². The molecular weight excluding hydrogens is 226 g/mol. The van der Waals surface area contributed by atoms with Crippen LogP contribution >= 0.6 is 0 Å². The van der Waals surface area contributed by atoms with Crippen LogP contribution in [0.5, 0.6) is 5.75 Å². The highest BCUT2D eigenvalue weighted by Gasteiger charge is 2.47. The standard InChI is InChI=1S/C14H13N3O/c1-18-11-4-2-3-10(7-11)12-8-16-13(17-12)14(9-15)5-6-14/h2-4,7-8H,5-6H2,1H3,(H,16,17). The maximum absolute atomic E-state index is 9.14. The van der Waals surface area contributed by atoms with Crippen LogP contribution in [-0.4, -0.2) is 17.1 Å². The van der Waals surface area contributed by atoms with Gasteiger partial charge in [-0.25, -0.2) is 4.98 Å². The van der Waals surface area contributed by atoms with Crippen molar-refractivity contribution in [2.24, 2.45) is 0 Å². The fourth-order valence-corrected chi connectivity index (χ4v) is 2.03. The van der Waals surface area contributed by atoms with Crippen LogP contribution in [0.1, 0.15) is 18.7 Å². The molecule has 1 fully saturated rings. The summed E-state index contributed by atoms with van der Waals surface area (Å²) in [6, 6.07) is 10.1. The zero-order valence-electron chi connectivity index (χ0n) is 10.1. The Balaban J connectivity index is 1.96. The van der Waals surface area contributed by atoms with Gasteiger partial charge in [0.05, 0.1) is 25.1 Å². The summed E-state index contributed by atoms with van der Waals surface area (Å²) in [5, 5.41) is 9.14. The molecule has 0 bridgehead atoms. The number of nitriles is 1. The van der Waals surface area contributed by atoms with E-state index in [0.717, 1.165) is 35.7 Å². The van der Waals surface area contributed by atoms with Gasteiger partial charge in [0, 0.05) is 5.56 Å². The molecular formula is C14H13N3O. The van der Waals surface area contributed by atoms with Gasteiger partial charge < -0.3 is 9.72 Å². The Morgan fingerprint density at radius 1 is 1.44 bits per heavy atom. The minimum atomic E-state index is -0.364. The molecule has 2 aromatic rings. The van der Waals surface area contributed by atoms with Crippen LogP contribution in [0.4, 0.5) is 0 Å². The maximum atomic E-state index is 9.14. The average Bonchev–Trinajstić information content (AvgIpc) is 3.08. The predicted octanol–water partition coefficient (Wildman–Crippen LogP) is 2.64. The Kier molecular flexibility index (Phi) is 2.34. The fourth-order valence-electron chi connectivity index (χ4n) is 2.03. The highest BCUT2D eigenvalue weighted by Crippen LogP contribution is 2.46. The molecule has 4 nitrogen and oxygen atoms in total. The van der Waals surface area contributed by atoms with Crippen LogP contribution in [0.15, 0.2) is 30.5 Å². The molecule has 18 heavy (non-hydrogen) atoms. The lowest BCUT2D eigenvalue weighted by atomic mass is 10.1. The lowest BCUT2D eigenvalue weighted by Gasteiger charge is -2.03. The molecule has 0 unspecified atom stereocenters. The number of hydrogen-bond acceptors (Lipinski definition) is 3. The maximum Gasteiger partial charge on any atom is 0.127 e. The molecule has 0 saturated heterocycles. The first-order valence-corrected chi connectivity index (χ1v) is 5.88. The van der Waals surface area contributed by atoms with Crippen LogP contribution in [0.2, 0.25) is 0 Å². The van der Waals surface area contributed by atoms with E-state index in [1.54, 1.807) is 13.3 Å². The normalized spacial score (nSPS) is 16.0. The summed E-state index contributed by atoms with van der Waals surface area (Å²) in [6.07, 6.45) is 3.57. The summed E-state index contributed by atoms with van der Waals surface area (Å²) >= 11 is 0. The van der Waals surface area contributed by atoms with Gasteiger partial charge >= 0.3 is 0 Å². The highest BCUT2D eigenvalue weighted by molar-refractivity contribution is 5.61. The van der Waals surface area contributed by atoms with Crippen LogP contribution in [0.3, 0.4) is 0 Å². The molecule has 1 N–H and O–H groups in total. The fraction of sp³-hybridized carbons (Fsp3) is 0.286. The van der Waals surface area contributed by atoms with Gasteiger partial charge in [-0.1, -0.05) is 12.1 Å². The van der Waals surface area contributed by atoms with Gasteiger partial charge in [-0.15, -0.1) is 0 Å². The second-order valence-electron chi connectivity index (χ2n) is 4.57. The van der Waals surface area contributed by atoms with Crippen molar-refractivity contribution in [3.63, 3.8) is 0 Å². The van der Waals surface area contributed by atoms with E-state index < -0.39 is 0 Å². The Hall–Kier alpha value is -2.28. The topological polar surface area (TPSA) is 61.7 Å². The number of nitrogens with zero attached hydrogens (tertiary/aromatic N) is 2. The van der Waals surface area contributed by atoms with Crippen molar-refractivity contribution in [2.45, 2.75) is 18.3 Å². The second kappa shape index (κ2) is 3.88. The molecule has 90 valence electrons. The molecule has 0 atom stereocenters. The van der Waals surface area contributed by atoms with Crippen LogP contribution in [0.25, 0.3) is 11.3 Å². The van der Waals surface area contributed by atoms with E-state index in [2.05, 4.69) is 16.0 Å². The van der Waals surface area contributed by atoms with E-state index in [1.807, 2.05) is 24.3 Å². The van der Waals surface area contributed by atoms with Crippen LogP contribution in [0, 0.1) is 11.3 Å². The Bertz CT molecular complexity index is 620. The Morgan fingerprint density at radius 3 is 2.94 bits per heavy atom. The van der Waals surface area contributed by atoms with E-state index in [9.17, 15) is 0 Å². The van der Waals surface area contributed by atoms with Gasteiger partial charge in [-0.2, -0.15) is 5.26 Å². The van der Waals surface area contributed by atoms with Crippen molar-refractivity contribution in [2.75, 3.05) is 7.11 Å². The average molecular weight is 239 g/mol. The zero-order valence-corrected chi connectivity index (χ0v) is 10.1. The molecule has 0 spiro atoms. The van der Waals surface area contributed by atoms with E-state index in [4.69, 9.17) is 10.00 Å². The number of benzene rings is 1. The van der Waals surface area contributed by atoms with Crippen molar-refractivity contribution < 1.29 is 4.74 Å². The Morgan fingerprint density at radius 2 is 2.28 bits per heavy atom. The van der Waals surface area contributed by atoms with Crippen molar-refractivity contribution in [1.29, 1.82) is 5.26 Å². The van der Waals surface area contributed by atoms with Crippen molar-refractivity contribution in [3.05, 3.63) is 36.3 Å². The number of rotatable bonds is 3. The molecule has 1 aromatic carbocycles. The first-order chi connectivity index (χ1) is 8.77. The first-order valence-electron chi connectivity index (χ1n) is 5.88. The third kappa shape index (κ3) is 1.65. The lowest BCUT2D eigenvalue weighted by molar-refractivity contribution is 0.415. The zero-order chi connectivity index (χ0) is 12.6. The number of imidazole rings is 1. The summed E-state index contributed by atoms with van der Waals surface area (Å²) in [6.45, 7) is 0. The number of methoxy groups -OCH3 is 1. The minimum absolute atomic E-state index is 0.364. The molecule has 1 aromatic heterocycles. The number of aromatic amines is 1. The van der Waals surface area contributed by atoms with Gasteiger partial charge in [0.25, 0.3) is 0 Å². The first kappa shape index (κ1) is 10.8. The summed E-state index contributed by atoms with van der Waals surface area (Å²) in [5.41, 5.74) is 1.57. The lowest BCUT2D eigenvalue weighted by Crippen LogP contribution is -2.04. The molecule has 0 radical (unpaired) electrons. The van der Waals surface area contributed by atoms with Crippen LogP contribution in [-0.2, 0) is 5.41 Å². The highest BCUT2D eigenvalue weighted by atomic mass is 16.5. The summed E-state index contributed by atoms with van der Waals surface area (Å²) in [5.74, 6) is 1.59. The van der Waals surface area contributed by atoms with Gasteiger partial charge in [0.1, 0.15) is 17.0 Å². The number of H-pyrrole nitrogens is 1. The molecule has 1 saturated carbocycles. The second-order valence-corrected chi connectivity index (χ2v) is 4.57. The summed E-state index contributed by atoms with van der Waals surface area (Å²) in [7, 11) is 1.65. The molecule has 3 rings (SSSR count). The third-order valence-electron chi connectivity index (χ3n) is 3.37. The minimum Gasteiger partial charge on any atom is -0.497 e. The largest absolute Gasteiger partial charge is 0.497 e. The molecule has 0 amide bonds. The summed E-state index contributed by atoms with van der Waals surface area (Å²) < 4.78 is 5.20. The number of nitrogens with one attached hydrogen (secondary N) is 1. The summed E-state index contributed by atoms with van der Waals surface area (Å²) in [4.78, 5) is 7.58. The molecule has 4 heteroatoms. The molecule has 1 aliphatic rings. The monoisotopic (exact) mass is 239 g/mol. The molecule has 0 aliphatic heterocycles. The third-order valence-corrected chi connectivity index (χ3v) is 3.37. The quantitative estimate of drug-likeness (QED) is 0.895. The van der Waals surface area contributed by atoms with E-state index >= 15 is 0 Å². The smallest absolute Gasteiger partial charge is 0.127 e. The van der Waals surface area contributed by atoms with Gasteiger partial charge in [-0.05, 0) is 25.0 Å². The number of aromatic nitrogens is 2. The van der Waals surface area contributed by atoms with Gasteiger partial charge in [-0.3, -0.25) is 0 Å². The van der Waals surface area contributed by atoms with E-state index in [-0.39, 0.29) is 5.41 Å².